The van der Waals surface area contributed by atoms with Crippen LogP contribution >= 0.6 is 0 Å². The standard InChI is InChI=1S/C26H34N8O.C15H18N4O3S.C12H20N4/c1-18(2)32-10-12-33(13-11-32)20-6-7-22(27-16-20)30-25-28-15-19-14-21-24(35)29-17-26(8-4-3-5-9-26)34(21)23(19)31-25;1-23(21,22)14-16-8-10-7-11-13(20)17-9-15(5-3-2-4-6-15)19(11)12(10)18-14;1-10(2)15-5-7-16(8-6-15)11-3-4-12(13)14-9-11/h6-7,14-16,18H,3-5,8-13,17H2,1-2H3,(H,29,35)(H,27,28,30,31);7-8H,2-6,9H2,1H3,(H,17,20);3-4,9-10H,5-8H2,1-2H3,(H2,13,14). The molecule has 74 heavy (non-hydrogen) atoms. The molecule has 0 bridgehead atoms. The number of hydrogen-bond acceptors (Lipinski definition) is 16. The molecular formula is C53H72N16O4S. The number of nitrogens with one attached hydrogen (secondary N) is 3. The van der Waals surface area contributed by atoms with Crippen LogP contribution in [0.5, 0.6) is 0 Å². The van der Waals surface area contributed by atoms with E-state index in [4.69, 9.17) is 10.7 Å². The van der Waals surface area contributed by atoms with Crippen molar-refractivity contribution in [3.05, 3.63) is 72.6 Å². The number of hydrogen-bond donors (Lipinski definition) is 4. The Kier molecular flexibility index (Phi) is 14.5. The van der Waals surface area contributed by atoms with E-state index in [-0.39, 0.29) is 28.0 Å². The van der Waals surface area contributed by atoms with Gasteiger partial charge in [0.2, 0.25) is 20.9 Å². The van der Waals surface area contributed by atoms with Crippen LogP contribution in [-0.2, 0) is 20.9 Å². The Hall–Kier alpha value is -6.45. The summed E-state index contributed by atoms with van der Waals surface area (Å²) in [6.07, 6.45) is 19.2. The van der Waals surface area contributed by atoms with Gasteiger partial charge >= 0.3 is 0 Å². The predicted molar refractivity (Wildman–Crippen MR) is 289 cm³/mol. The minimum Gasteiger partial charge on any atom is -0.384 e. The normalized spacial score (nSPS) is 19.9. The molecule has 5 N–H and O–H groups in total. The van der Waals surface area contributed by atoms with E-state index < -0.39 is 9.84 Å². The van der Waals surface area contributed by atoms with Crippen molar-refractivity contribution < 1.29 is 18.0 Å². The quantitative estimate of drug-likeness (QED) is 0.136. The summed E-state index contributed by atoms with van der Waals surface area (Å²) >= 11 is 0. The number of amides is 2. The number of nitrogens with two attached hydrogens (primary N) is 1. The van der Waals surface area contributed by atoms with Crippen LogP contribution in [0.4, 0.5) is 29.0 Å². The molecule has 2 saturated heterocycles. The van der Waals surface area contributed by atoms with Crippen molar-refractivity contribution in [2.24, 2.45) is 0 Å². The van der Waals surface area contributed by atoms with E-state index in [1.54, 1.807) is 6.07 Å². The molecule has 6 aliphatic rings. The van der Waals surface area contributed by atoms with Gasteiger partial charge in [-0.05, 0) is 89.8 Å². The van der Waals surface area contributed by atoms with Crippen LogP contribution in [0.15, 0.2) is 66.3 Å². The number of anilines is 5. The third kappa shape index (κ3) is 10.5. The largest absolute Gasteiger partial charge is 0.384 e. The van der Waals surface area contributed by atoms with E-state index in [2.05, 4.69) is 98.8 Å². The summed E-state index contributed by atoms with van der Waals surface area (Å²) in [5.74, 6) is 1.63. The number of pyridine rings is 2. The summed E-state index contributed by atoms with van der Waals surface area (Å²) < 4.78 is 27.7. The van der Waals surface area contributed by atoms with E-state index in [1.165, 1.54) is 37.6 Å². The number of sulfone groups is 1. The number of rotatable bonds is 7. The Labute approximate surface area is 433 Å². The number of piperazine rings is 2. The Morgan fingerprint density at radius 2 is 1.07 bits per heavy atom. The Balaban J connectivity index is 0.000000138. The number of fused-ring (bicyclic) bond motifs is 8. The van der Waals surface area contributed by atoms with Gasteiger partial charge in [-0.2, -0.15) is 9.97 Å². The second-order valence-electron chi connectivity index (χ2n) is 21.5. The molecule has 6 aromatic heterocycles. The number of carbonyl (C=O) groups is 2. The van der Waals surface area contributed by atoms with E-state index in [9.17, 15) is 18.0 Å². The Bertz CT molecular complexity index is 3070. The first-order valence-electron chi connectivity index (χ1n) is 26.6. The number of nitrogens with zero attached hydrogens (tertiary/aromatic N) is 12. The average Bonchev–Trinajstić information content (AvgIpc) is 4.03. The third-order valence-corrected chi connectivity index (χ3v) is 17.0. The minimum atomic E-state index is -3.49. The summed E-state index contributed by atoms with van der Waals surface area (Å²) in [5.41, 5.74) is 10.2. The molecule has 10 heterocycles. The van der Waals surface area contributed by atoms with E-state index >= 15 is 0 Å². The first-order valence-corrected chi connectivity index (χ1v) is 28.5. The fraction of sp³-hybridized carbons (Fsp3) is 0.547. The van der Waals surface area contributed by atoms with Gasteiger partial charge in [-0.3, -0.25) is 19.4 Å². The lowest BCUT2D eigenvalue weighted by atomic mass is 9.80. The topological polar surface area (TPSA) is 231 Å². The van der Waals surface area contributed by atoms with Crippen LogP contribution in [0, 0.1) is 0 Å². The molecule has 0 atom stereocenters. The van der Waals surface area contributed by atoms with Crippen molar-refractivity contribution in [2.75, 3.05) is 92.6 Å². The average molecular weight is 1030 g/mol. The second-order valence-corrected chi connectivity index (χ2v) is 23.5. The highest BCUT2D eigenvalue weighted by molar-refractivity contribution is 7.90. The van der Waals surface area contributed by atoms with Crippen molar-refractivity contribution in [3.8, 4) is 0 Å². The van der Waals surface area contributed by atoms with Gasteiger partial charge < -0.3 is 40.6 Å². The minimum absolute atomic E-state index is 0.0276. The van der Waals surface area contributed by atoms with Crippen molar-refractivity contribution in [3.63, 3.8) is 0 Å². The molecular weight excluding hydrogens is 957 g/mol. The molecule has 2 spiro atoms. The maximum Gasteiger partial charge on any atom is 0.268 e. The van der Waals surface area contributed by atoms with E-state index in [1.807, 2.05) is 47.4 Å². The molecule has 4 fully saturated rings. The summed E-state index contributed by atoms with van der Waals surface area (Å²) in [6.45, 7) is 18.8. The highest BCUT2D eigenvalue weighted by atomic mass is 32.2. The van der Waals surface area contributed by atoms with Crippen LogP contribution in [0.3, 0.4) is 0 Å². The second kappa shape index (κ2) is 21.1. The molecule has 2 amide bonds. The van der Waals surface area contributed by atoms with E-state index in [0.29, 0.717) is 65.2 Å². The molecule has 21 heteroatoms. The van der Waals surface area contributed by atoms with Crippen LogP contribution in [0.25, 0.3) is 22.1 Å². The fourth-order valence-electron chi connectivity index (χ4n) is 11.9. The Morgan fingerprint density at radius 3 is 1.51 bits per heavy atom. The fourth-order valence-corrected chi connectivity index (χ4v) is 12.4. The van der Waals surface area contributed by atoms with Crippen LogP contribution < -0.4 is 31.5 Å². The molecule has 394 valence electrons. The van der Waals surface area contributed by atoms with Gasteiger partial charge in [0, 0.05) is 107 Å². The molecule has 0 radical (unpaired) electrons. The highest BCUT2D eigenvalue weighted by Crippen LogP contribution is 2.42. The maximum atomic E-state index is 12.7. The van der Waals surface area contributed by atoms with Crippen LogP contribution in [-0.4, -0.2) is 153 Å². The first-order chi connectivity index (χ1) is 35.6. The van der Waals surface area contributed by atoms with Crippen molar-refractivity contribution in [1.29, 1.82) is 0 Å². The molecule has 20 nitrogen and oxygen atoms in total. The van der Waals surface area contributed by atoms with Crippen molar-refractivity contribution in [2.45, 2.75) is 120 Å². The summed E-state index contributed by atoms with van der Waals surface area (Å²) in [7, 11) is -3.49. The summed E-state index contributed by atoms with van der Waals surface area (Å²) in [4.78, 5) is 61.1. The third-order valence-electron chi connectivity index (χ3n) is 16.1. The lowest BCUT2D eigenvalue weighted by Gasteiger charge is -2.42. The molecule has 0 aromatic carbocycles. The molecule has 2 saturated carbocycles. The smallest absolute Gasteiger partial charge is 0.268 e. The van der Waals surface area contributed by atoms with Crippen LogP contribution in [0.1, 0.15) is 113 Å². The monoisotopic (exact) mass is 1030 g/mol. The van der Waals surface area contributed by atoms with Gasteiger partial charge in [-0.1, -0.05) is 38.5 Å². The first kappa shape index (κ1) is 51.1. The SMILES string of the molecule is CC(C)N1CCN(c2ccc(N)nc2)CC1.CC(C)N1CCN(c2ccc(Nc3ncc4cc5n(c4n3)C3(CCCCC3)CNC5=O)nc2)CC1.CS(=O)(=O)c1ncc2cc3n(c2n1)C1(CCCCC1)CNC3=O. The van der Waals surface area contributed by atoms with Gasteiger partial charge in [0.15, 0.2) is 0 Å². The maximum absolute atomic E-state index is 12.7. The lowest BCUT2D eigenvalue weighted by molar-refractivity contribution is 0.0827. The van der Waals surface area contributed by atoms with Crippen molar-refractivity contribution in [1.82, 2.24) is 59.5 Å². The zero-order valence-corrected chi connectivity index (χ0v) is 44.4. The van der Waals surface area contributed by atoms with Gasteiger partial charge in [0.25, 0.3) is 11.8 Å². The van der Waals surface area contributed by atoms with Gasteiger partial charge in [-0.15, -0.1) is 0 Å². The van der Waals surface area contributed by atoms with E-state index in [0.717, 1.165) is 114 Å². The number of nitrogen functional groups attached to an aromatic ring is 1. The predicted octanol–water partition coefficient (Wildman–Crippen LogP) is 5.93. The summed E-state index contributed by atoms with van der Waals surface area (Å²) in [6, 6.07) is 12.9. The zero-order chi connectivity index (χ0) is 51.8. The van der Waals surface area contributed by atoms with Gasteiger partial charge in [-0.25, -0.2) is 28.4 Å². The lowest BCUT2D eigenvalue weighted by Crippen LogP contribution is -2.52. The molecule has 4 aliphatic heterocycles. The number of carbonyl (C=O) groups excluding carboxylic acids is 2. The Morgan fingerprint density at radius 1 is 0.595 bits per heavy atom. The molecule has 12 rings (SSSR count). The summed E-state index contributed by atoms with van der Waals surface area (Å²) in [5, 5.41) is 10.8. The van der Waals surface area contributed by atoms with Gasteiger partial charge in [0.1, 0.15) is 34.3 Å². The molecule has 2 aliphatic carbocycles. The number of aromatic nitrogens is 8. The van der Waals surface area contributed by atoms with Crippen molar-refractivity contribution >= 4 is 72.7 Å². The van der Waals surface area contributed by atoms with Crippen LogP contribution in [0.2, 0.25) is 0 Å². The highest BCUT2D eigenvalue weighted by Gasteiger charge is 2.43. The molecule has 0 unspecified atom stereocenters. The van der Waals surface area contributed by atoms with Gasteiger partial charge in [0.05, 0.1) is 34.8 Å². The molecule has 6 aromatic rings. The zero-order valence-electron chi connectivity index (χ0n) is 43.6.